The lowest BCUT2D eigenvalue weighted by Gasteiger charge is -2.25. The van der Waals surface area contributed by atoms with Gasteiger partial charge in [-0.1, -0.05) is 18.6 Å². The van der Waals surface area contributed by atoms with Gasteiger partial charge in [-0.2, -0.15) is 0 Å². The number of nitrogens with one attached hydrogen (secondary N) is 2. The van der Waals surface area contributed by atoms with Gasteiger partial charge in [0.05, 0.1) is 5.56 Å². The minimum Gasteiger partial charge on any atom is -0.478 e. The first-order valence-electron chi connectivity index (χ1n) is 6.99. The lowest BCUT2D eigenvalue weighted by Crippen LogP contribution is -2.40. The Labute approximate surface area is 118 Å². The zero-order chi connectivity index (χ0) is 14.4. The fraction of sp³-hybridized carbons (Fsp3) is 0.467. The molecule has 0 spiro atoms. The van der Waals surface area contributed by atoms with Crippen LogP contribution in [0.1, 0.15) is 35.2 Å². The third kappa shape index (κ3) is 4.26. The second kappa shape index (κ2) is 6.93. The second-order valence-corrected chi connectivity index (χ2v) is 5.19. The summed E-state index contributed by atoms with van der Waals surface area (Å²) in [5.74, 6) is -0.269. The van der Waals surface area contributed by atoms with Gasteiger partial charge in [-0.25, -0.2) is 9.59 Å². The molecule has 1 aromatic carbocycles. The standard InChI is InChI=1S/C15H20N2O3/c18-14(19)13-6-4-11(5-7-13)8-9-16-15(20)17-10-12-2-1-3-12/h4-7,12H,1-3,8-10H2,(H,18,19)(H2,16,17,20). The summed E-state index contributed by atoms with van der Waals surface area (Å²) in [7, 11) is 0. The van der Waals surface area contributed by atoms with E-state index in [0.717, 1.165) is 12.1 Å². The molecule has 0 aromatic heterocycles. The van der Waals surface area contributed by atoms with Crippen LogP contribution < -0.4 is 10.6 Å². The van der Waals surface area contributed by atoms with E-state index in [-0.39, 0.29) is 11.6 Å². The number of rotatable bonds is 6. The average Bonchev–Trinajstić information content (AvgIpc) is 2.37. The maximum absolute atomic E-state index is 11.5. The summed E-state index contributed by atoms with van der Waals surface area (Å²) >= 11 is 0. The van der Waals surface area contributed by atoms with E-state index in [2.05, 4.69) is 10.6 Å². The normalized spacial score (nSPS) is 14.4. The van der Waals surface area contributed by atoms with Crippen LogP contribution in [0.15, 0.2) is 24.3 Å². The number of hydrogen-bond acceptors (Lipinski definition) is 2. The maximum atomic E-state index is 11.5. The molecule has 2 amide bonds. The van der Waals surface area contributed by atoms with Crippen molar-refractivity contribution >= 4 is 12.0 Å². The van der Waals surface area contributed by atoms with E-state index in [1.54, 1.807) is 24.3 Å². The average molecular weight is 276 g/mol. The highest BCUT2D eigenvalue weighted by molar-refractivity contribution is 5.87. The van der Waals surface area contributed by atoms with Crippen molar-refractivity contribution in [2.45, 2.75) is 25.7 Å². The van der Waals surface area contributed by atoms with Gasteiger partial charge in [-0.05, 0) is 42.9 Å². The fourth-order valence-corrected chi connectivity index (χ4v) is 2.13. The van der Waals surface area contributed by atoms with E-state index in [1.807, 2.05) is 0 Å². The van der Waals surface area contributed by atoms with Crippen LogP contribution >= 0.6 is 0 Å². The molecule has 3 N–H and O–H groups in total. The summed E-state index contributed by atoms with van der Waals surface area (Å²) in [6, 6.07) is 6.58. The van der Waals surface area contributed by atoms with Crippen molar-refractivity contribution in [1.82, 2.24) is 10.6 Å². The minimum absolute atomic E-state index is 0.126. The molecule has 0 atom stereocenters. The first-order valence-corrected chi connectivity index (χ1v) is 6.99. The number of benzene rings is 1. The molecule has 0 aliphatic heterocycles. The molecular weight excluding hydrogens is 256 g/mol. The summed E-state index contributed by atoms with van der Waals surface area (Å²) in [5.41, 5.74) is 1.29. The van der Waals surface area contributed by atoms with Gasteiger partial charge in [-0.3, -0.25) is 0 Å². The summed E-state index contributed by atoms with van der Waals surface area (Å²) in [4.78, 5) is 22.2. The Balaban J connectivity index is 1.64. The molecule has 0 heterocycles. The summed E-state index contributed by atoms with van der Waals surface area (Å²) in [6.45, 7) is 1.31. The minimum atomic E-state index is -0.926. The smallest absolute Gasteiger partial charge is 0.335 e. The Bertz CT molecular complexity index is 467. The third-order valence-corrected chi connectivity index (χ3v) is 3.68. The molecule has 0 bridgehead atoms. The highest BCUT2D eigenvalue weighted by Crippen LogP contribution is 2.24. The highest BCUT2D eigenvalue weighted by atomic mass is 16.4. The molecule has 1 aliphatic carbocycles. The van der Waals surface area contributed by atoms with Crippen molar-refractivity contribution in [3.8, 4) is 0 Å². The molecule has 1 fully saturated rings. The number of carbonyl (C=O) groups excluding carboxylic acids is 1. The Morgan fingerprint density at radius 2 is 1.85 bits per heavy atom. The largest absolute Gasteiger partial charge is 0.478 e. The Kier molecular flexibility index (Phi) is 4.98. The lowest BCUT2D eigenvalue weighted by molar-refractivity contribution is 0.0697. The molecule has 1 aliphatic rings. The van der Waals surface area contributed by atoms with Crippen LogP contribution in [0.5, 0.6) is 0 Å². The predicted molar refractivity (Wildman–Crippen MR) is 75.8 cm³/mol. The van der Waals surface area contributed by atoms with Crippen LogP contribution in [0.25, 0.3) is 0 Å². The Hall–Kier alpha value is -2.04. The van der Waals surface area contributed by atoms with Gasteiger partial charge in [0.25, 0.3) is 0 Å². The van der Waals surface area contributed by atoms with Crippen LogP contribution in [0, 0.1) is 5.92 Å². The van der Waals surface area contributed by atoms with Crippen LogP contribution in [-0.4, -0.2) is 30.2 Å². The van der Waals surface area contributed by atoms with Crippen LogP contribution in [0.2, 0.25) is 0 Å². The van der Waals surface area contributed by atoms with Gasteiger partial charge >= 0.3 is 12.0 Å². The van der Waals surface area contributed by atoms with Gasteiger partial charge in [-0.15, -0.1) is 0 Å². The SMILES string of the molecule is O=C(NCCc1ccc(C(=O)O)cc1)NCC1CCC1. The molecule has 5 nitrogen and oxygen atoms in total. The Morgan fingerprint density at radius 1 is 1.15 bits per heavy atom. The molecular formula is C15H20N2O3. The molecule has 0 radical (unpaired) electrons. The predicted octanol–water partition coefficient (Wildman–Crippen LogP) is 2.03. The number of urea groups is 1. The summed E-state index contributed by atoms with van der Waals surface area (Å²) < 4.78 is 0. The van der Waals surface area contributed by atoms with Gasteiger partial charge in [0.2, 0.25) is 0 Å². The van der Waals surface area contributed by atoms with Crippen molar-refractivity contribution in [1.29, 1.82) is 0 Å². The van der Waals surface area contributed by atoms with Gasteiger partial charge in [0.15, 0.2) is 0 Å². The van der Waals surface area contributed by atoms with Gasteiger partial charge < -0.3 is 15.7 Å². The van der Waals surface area contributed by atoms with E-state index in [1.165, 1.54) is 19.3 Å². The molecule has 0 unspecified atom stereocenters. The lowest BCUT2D eigenvalue weighted by atomic mass is 9.85. The second-order valence-electron chi connectivity index (χ2n) is 5.19. The van der Waals surface area contributed by atoms with E-state index >= 15 is 0 Å². The van der Waals surface area contributed by atoms with Gasteiger partial charge in [0, 0.05) is 13.1 Å². The summed E-state index contributed by atoms with van der Waals surface area (Å²) in [6.07, 6.45) is 4.41. The highest BCUT2D eigenvalue weighted by Gasteiger charge is 2.17. The molecule has 0 saturated heterocycles. The first-order chi connectivity index (χ1) is 9.65. The molecule has 2 rings (SSSR count). The number of carboxylic acids is 1. The zero-order valence-corrected chi connectivity index (χ0v) is 11.4. The monoisotopic (exact) mass is 276 g/mol. The number of carboxylic acid groups (broad SMARTS) is 1. The number of aromatic carboxylic acids is 1. The van der Waals surface area contributed by atoms with Crippen molar-refractivity contribution in [2.24, 2.45) is 5.92 Å². The van der Waals surface area contributed by atoms with Crippen LogP contribution in [-0.2, 0) is 6.42 Å². The fourth-order valence-electron chi connectivity index (χ4n) is 2.13. The van der Waals surface area contributed by atoms with Crippen molar-refractivity contribution in [2.75, 3.05) is 13.1 Å². The van der Waals surface area contributed by atoms with Crippen molar-refractivity contribution in [3.05, 3.63) is 35.4 Å². The Morgan fingerprint density at radius 3 is 2.40 bits per heavy atom. The van der Waals surface area contributed by atoms with Crippen LogP contribution in [0.3, 0.4) is 0 Å². The van der Waals surface area contributed by atoms with Crippen molar-refractivity contribution in [3.63, 3.8) is 0 Å². The maximum Gasteiger partial charge on any atom is 0.335 e. The molecule has 1 aromatic rings. The van der Waals surface area contributed by atoms with E-state index in [4.69, 9.17) is 5.11 Å². The van der Waals surface area contributed by atoms with Crippen molar-refractivity contribution < 1.29 is 14.7 Å². The van der Waals surface area contributed by atoms with Crippen LogP contribution in [0.4, 0.5) is 4.79 Å². The summed E-state index contributed by atoms with van der Waals surface area (Å²) in [5, 5.41) is 14.5. The molecule has 20 heavy (non-hydrogen) atoms. The van der Waals surface area contributed by atoms with E-state index in [0.29, 0.717) is 18.9 Å². The number of amides is 2. The molecule has 1 saturated carbocycles. The molecule has 108 valence electrons. The molecule has 5 heteroatoms. The quantitative estimate of drug-likeness (QED) is 0.744. The third-order valence-electron chi connectivity index (χ3n) is 3.68. The zero-order valence-electron chi connectivity index (χ0n) is 11.4. The topological polar surface area (TPSA) is 78.4 Å². The van der Waals surface area contributed by atoms with Gasteiger partial charge in [0.1, 0.15) is 0 Å². The van der Waals surface area contributed by atoms with E-state index in [9.17, 15) is 9.59 Å². The first kappa shape index (κ1) is 14.4. The number of hydrogen-bond donors (Lipinski definition) is 3. The van der Waals surface area contributed by atoms with E-state index < -0.39 is 5.97 Å². The number of carbonyl (C=O) groups is 2.